The van der Waals surface area contributed by atoms with Crippen LogP contribution in [0.25, 0.3) is 0 Å². The van der Waals surface area contributed by atoms with Crippen molar-refractivity contribution in [2.24, 2.45) is 0 Å². The van der Waals surface area contributed by atoms with Crippen molar-refractivity contribution in [2.45, 2.75) is 4.90 Å². The maximum Gasteiger partial charge on any atom is 0.341 e. The lowest BCUT2D eigenvalue weighted by atomic mass is 10.3. The van der Waals surface area contributed by atoms with E-state index in [1.165, 1.54) is 12.1 Å². The van der Waals surface area contributed by atoms with Crippen LogP contribution in [0.1, 0.15) is 0 Å². The van der Waals surface area contributed by atoms with Crippen molar-refractivity contribution in [1.29, 1.82) is 0 Å². The number of hydrogen-bond acceptors (Lipinski definition) is 6. The minimum atomic E-state index is -4.30. The van der Waals surface area contributed by atoms with Crippen LogP contribution in [0.15, 0.2) is 41.4 Å². The van der Waals surface area contributed by atoms with Gasteiger partial charge in [-0.05, 0) is 12.1 Å². The summed E-state index contributed by atoms with van der Waals surface area (Å²) >= 11 is 11.4. The molecule has 0 bridgehead atoms. The Hall–Kier alpha value is -1.90. The third-order valence-corrected chi connectivity index (χ3v) is 3.97. The van der Waals surface area contributed by atoms with Crippen LogP contribution in [0.5, 0.6) is 5.88 Å². The number of halogens is 2. The molecular weight excluding hydrogens is 343 g/mol. The molecule has 1 aromatic carbocycles. The van der Waals surface area contributed by atoms with Gasteiger partial charge < -0.3 is 4.18 Å². The maximum atomic E-state index is 12.0. The van der Waals surface area contributed by atoms with Gasteiger partial charge in [-0.2, -0.15) is 8.42 Å². The Labute approximate surface area is 129 Å². The lowest BCUT2D eigenvalue weighted by molar-refractivity contribution is -0.385. The number of pyridine rings is 1. The number of nitrogens with zero attached hydrogens (tertiary/aromatic N) is 2. The lowest BCUT2D eigenvalue weighted by Gasteiger charge is -2.07. The number of aromatic nitrogens is 1. The van der Waals surface area contributed by atoms with Crippen molar-refractivity contribution >= 4 is 39.0 Å². The molecule has 0 aliphatic carbocycles. The second kappa shape index (κ2) is 5.84. The predicted octanol–water partition coefficient (Wildman–Crippen LogP) is 3.06. The highest BCUT2D eigenvalue weighted by Crippen LogP contribution is 2.28. The van der Waals surface area contributed by atoms with E-state index in [0.717, 1.165) is 24.4 Å². The van der Waals surface area contributed by atoms with Gasteiger partial charge in [-0.25, -0.2) is 4.98 Å². The molecule has 0 saturated heterocycles. The Kier molecular flexibility index (Phi) is 4.31. The van der Waals surface area contributed by atoms with Gasteiger partial charge in [-0.1, -0.05) is 29.3 Å². The normalized spacial score (nSPS) is 11.1. The fourth-order valence-corrected chi connectivity index (χ4v) is 2.78. The van der Waals surface area contributed by atoms with Crippen molar-refractivity contribution < 1.29 is 17.5 Å². The molecule has 2 rings (SSSR count). The summed E-state index contributed by atoms with van der Waals surface area (Å²) in [5.74, 6) is -0.368. The Balaban J connectivity index is 2.38. The zero-order valence-electron chi connectivity index (χ0n) is 10.1. The lowest BCUT2D eigenvalue weighted by Crippen LogP contribution is -2.11. The fourth-order valence-electron chi connectivity index (χ4n) is 1.37. The molecule has 0 N–H and O–H groups in total. The molecule has 7 nitrogen and oxygen atoms in total. The van der Waals surface area contributed by atoms with E-state index < -0.39 is 15.0 Å². The van der Waals surface area contributed by atoms with E-state index >= 15 is 0 Å². The molecule has 1 aromatic heterocycles. The first kappa shape index (κ1) is 15.5. The van der Waals surface area contributed by atoms with Gasteiger partial charge in [0.15, 0.2) is 0 Å². The van der Waals surface area contributed by atoms with Gasteiger partial charge in [0.05, 0.1) is 9.95 Å². The molecule has 0 fully saturated rings. The van der Waals surface area contributed by atoms with Gasteiger partial charge in [0.1, 0.15) is 9.92 Å². The molecule has 1 heterocycles. The highest BCUT2D eigenvalue weighted by Gasteiger charge is 2.21. The highest BCUT2D eigenvalue weighted by molar-refractivity contribution is 7.87. The highest BCUT2D eigenvalue weighted by atomic mass is 35.5. The second-order valence-corrected chi connectivity index (χ2v) is 6.12. The Bertz CT molecular complexity index is 810. The number of benzene rings is 1. The molecule has 0 aliphatic rings. The molecule has 2 aromatic rings. The minimum Gasteiger partial charge on any atom is -0.357 e. The predicted molar refractivity (Wildman–Crippen MR) is 75.2 cm³/mol. The van der Waals surface area contributed by atoms with E-state index in [1.54, 1.807) is 0 Å². The van der Waals surface area contributed by atoms with Crippen molar-refractivity contribution in [3.05, 3.63) is 56.7 Å². The van der Waals surface area contributed by atoms with Crippen LogP contribution < -0.4 is 4.18 Å². The molecule has 0 radical (unpaired) electrons. The Morgan fingerprint density at radius 1 is 1.24 bits per heavy atom. The van der Waals surface area contributed by atoms with Crippen LogP contribution >= 0.6 is 23.2 Å². The quantitative estimate of drug-likeness (QED) is 0.478. The maximum absolute atomic E-state index is 12.0. The monoisotopic (exact) mass is 348 g/mol. The number of hydrogen-bond donors (Lipinski definition) is 0. The van der Waals surface area contributed by atoms with Crippen molar-refractivity contribution in [1.82, 2.24) is 4.98 Å². The standard InChI is InChI=1S/C11H6Cl2N2O5S/c12-7-4-10(13)11(14-6-7)20-21(18,19)9-3-1-2-8(5-9)15(16)17/h1-6H. The van der Waals surface area contributed by atoms with Gasteiger partial charge in [-0.3, -0.25) is 10.1 Å². The largest absolute Gasteiger partial charge is 0.357 e. The summed E-state index contributed by atoms with van der Waals surface area (Å²) in [5.41, 5.74) is -0.380. The van der Waals surface area contributed by atoms with Crippen LogP contribution in [0.2, 0.25) is 10.0 Å². The van der Waals surface area contributed by atoms with Gasteiger partial charge in [0.2, 0.25) is 0 Å². The number of non-ortho nitro benzene ring substituents is 1. The molecule has 0 atom stereocenters. The summed E-state index contributed by atoms with van der Waals surface area (Å²) in [6.45, 7) is 0. The van der Waals surface area contributed by atoms with E-state index in [-0.39, 0.29) is 26.5 Å². The average molecular weight is 349 g/mol. The third kappa shape index (κ3) is 3.60. The molecule has 0 unspecified atom stereocenters. The summed E-state index contributed by atoms with van der Waals surface area (Å²) in [4.78, 5) is 13.2. The molecular formula is C11H6Cl2N2O5S. The summed E-state index contributed by atoms with van der Waals surface area (Å²) < 4.78 is 28.8. The molecule has 0 spiro atoms. The van der Waals surface area contributed by atoms with Gasteiger partial charge >= 0.3 is 10.1 Å². The van der Waals surface area contributed by atoms with E-state index in [2.05, 4.69) is 4.98 Å². The molecule has 110 valence electrons. The Morgan fingerprint density at radius 3 is 2.57 bits per heavy atom. The van der Waals surface area contributed by atoms with Crippen LogP contribution in [0.4, 0.5) is 5.69 Å². The van der Waals surface area contributed by atoms with Crippen molar-refractivity contribution in [3.8, 4) is 5.88 Å². The SMILES string of the molecule is O=[N+]([O-])c1cccc(S(=O)(=O)Oc2ncc(Cl)cc2Cl)c1. The first-order valence-corrected chi connectivity index (χ1v) is 7.46. The van der Waals surface area contributed by atoms with E-state index in [1.807, 2.05) is 0 Å². The van der Waals surface area contributed by atoms with Crippen molar-refractivity contribution in [3.63, 3.8) is 0 Å². The van der Waals surface area contributed by atoms with Crippen LogP contribution in [0.3, 0.4) is 0 Å². The fraction of sp³-hybridized carbons (Fsp3) is 0. The second-order valence-electron chi connectivity index (χ2n) is 3.73. The first-order chi connectivity index (χ1) is 9.79. The number of nitro benzene ring substituents is 1. The van der Waals surface area contributed by atoms with E-state index in [4.69, 9.17) is 27.4 Å². The van der Waals surface area contributed by atoms with Crippen molar-refractivity contribution in [2.75, 3.05) is 0 Å². The number of rotatable bonds is 4. The third-order valence-electron chi connectivity index (χ3n) is 2.28. The van der Waals surface area contributed by atoms with Gasteiger partial charge in [0.25, 0.3) is 11.6 Å². The minimum absolute atomic E-state index is 0.100. The van der Waals surface area contributed by atoms with Gasteiger partial charge in [-0.15, -0.1) is 0 Å². The van der Waals surface area contributed by atoms with Crippen LogP contribution in [-0.2, 0) is 10.1 Å². The zero-order chi connectivity index (χ0) is 15.6. The average Bonchev–Trinajstić information content (AvgIpc) is 2.42. The zero-order valence-corrected chi connectivity index (χ0v) is 12.4. The topological polar surface area (TPSA) is 99.4 Å². The summed E-state index contributed by atoms with van der Waals surface area (Å²) in [5, 5.41) is 10.8. The Morgan fingerprint density at radius 2 is 1.95 bits per heavy atom. The summed E-state index contributed by atoms with van der Waals surface area (Å²) in [6.07, 6.45) is 1.16. The van der Waals surface area contributed by atoms with E-state index in [9.17, 15) is 18.5 Å². The first-order valence-electron chi connectivity index (χ1n) is 5.29. The molecule has 0 aliphatic heterocycles. The van der Waals surface area contributed by atoms with Gasteiger partial charge in [0, 0.05) is 18.3 Å². The molecule has 10 heteroatoms. The van der Waals surface area contributed by atoms with Crippen LogP contribution in [0, 0.1) is 10.1 Å². The smallest absolute Gasteiger partial charge is 0.341 e. The summed E-state index contributed by atoms with van der Waals surface area (Å²) in [6, 6.07) is 5.68. The molecule has 0 amide bonds. The van der Waals surface area contributed by atoms with Crippen LogP contribution in [-0.4, -0.2) is 18.3 Å². The number of nitro groups is 1. The molecule has 21 heavy (non-hydrogen) atoms. The molecule has 0 saturated carbocycles. The summed E-state index contributed by atoms with van der Waals surface area (Å²) in [7, 11) is -4.30. The van der Waals surface area contributed by atoms with E-state index in [0.29, 0.717) is 0 Å².